The molecule has 116 valence electrons. The van der Waals surface area contributed by atoms with Crippen LogP contribution in [0.1, 0.15) is 24.0 Å². The molecule has 0 radical (unpaired) electrons. The van der Waals surface area contributed by atoms with Crippen LogP contribution in [0.3, 0.4) is 0 Å². The summed E-state index contributed by atoms with van der Waals surface area (Å²) >= 11 is 0. The number of nitriles is 1. The SMILES string of the molecule is N#Cc1cccc(COc2cc3n(c(=O)n2)CCN3C2CC2)c1. The lowest BCUT2D eigenvalue weighted by Gasteiger charge is -2.17. The molecular formula is C17H16N4O2. The number of rotatable bonds is 4. The van der Waals surface area contributed by atoms with E-state index in [1.807, 2.05) is 18.2 Å². The van der Waals surface area contributed by atoms with E-state index in [0.717, 1.165) is 17.9 Å². The van der Waals surface area contributed by atoms with Gasteiger partial charge in [0.2, 0.25) is 5.88 Å². The Morgan fingerprint density at radius 3 is 2.96 bits per heavy atom. The average molecular weight is 308 g/mol. The Morgan fingerprint density at radius 2 is 2.17 bits per heavy atom. The summed E-state index contributed by atoms with van der Waals surface area (Å²) in [4.78, 5) is 18.4. The molecule has 1 saturated carbocycles. The Morgan fingerprint density at radius 1 is 1.30 bits per heavy atom. The number of anilines is 1. The standard InChI is InChI=1S/C17H16N4O2/c18-10-12-2-1-3-13(8-12)11-23-15-9-16-20(14-4-5-14)6-7-21(16)17(22)19-15/h1-3,8-9,14H,4-7,11H2. The van der Waals surface area contributed by atoms with Crippen LogP contribution in [0.25, 0.3) is 0 Å². The van der Waals surface area contributed by atoms with Crippen molar-refractivity contribution in [3.8, 4) is 11.9 Å². The van der Waals surface area contributed by atoms with Crippen molar-refractivity contribution in [3.05, 3.63) is 51.9 Å². The van der Waals surface area contributed by atoms with Gasteiger partial charge in [0, 0.05) is 25.2 Å². The van der Waals surface area contributed by atoms with E-state index < -0.39 is 0 Å². The molecule has 2 aliphatic rings. The van der Waals surface area contributed by atoms with Crippen molar-refractivity contribution in [2.45, 2.75) is 32.0 Å². The Bertz CT molecular complexity index is 848. The summed E-state index contributed by atoms with van der Waals surface area (Å²) in [5, 5.41) is 8.92. The highest BCUT2D eigenvalue weighted by Crippen LogP contribution is 2.34. The van der Waals surface area contributed by atoms with Gasteiger partial charge in [0.05, 0.1) is 11.6 Å². The van der Waals surface area contributed by atoms with E-state index >= 15 is 0 Å². The molecule has 2 heterocycles. The molecule has 0 bridgehead atoms. The number of aromatic nitrogens is 2. The molecule has 4 rings (SSSR count). The second-order valence-corrected chi connectivity index (χ2v) is 5.91. The highest BCUT2D eigenvalue weighted by Gasteiger charge is 2.34. The maximum Gasteiger partial charge on any atom is 0.352 e. The lowest BCUT2D eigenvalue weighted by Crippen LogP contribution is -2.24. The van der Waals surface area contributed by atoms with E-state index in [2.05, 4.69) is 16.0 Å². The van der Waals surface area contributed by atoms with Crippen molar-refractivity contribution in [1.29, 1.82) is 5.26 Å². The molecule has 0 N–H and O–H groups in total. The van der Waals surface area contributed by atoms with Crippen LogP contribution in [-0.4, -0.2) is 22.1 Å². The van der Waals surface area contributed by atoms with Crippen LogP contribution in [0.5, 0.6) is 5.88 Å². The Kier molecular flexibility index (Phi) is 3.27. The summed E-state index contributed by atoms with van der Waals surface area (Å²) in [6.45, 7) is 1.85. The number of benzene rings is 1. The van der Waals surface area contributed by atoms with Crippen LogP contribution in [-0.2, 0) is 13.2 Å². The summed E-state index contributed by atoms with van der Waals surface area (Å²) in [5.74, 6) is 1.25. The summed E-state index contributed by atoms with van der Waals surface area (Å²) in [5.41, 5.74) is 1.21. The van der Waals surface area contributed by atoms with Gasteiger partial charge in [0.15, 0.2) is 0 Å². The first kappa shape index (κ1) is 13.8. The maximum atomic E-state index is 12.1. The van der Waals surface area contributed by atoms with Crippen LogP contribution < -0.4 is 15.3 Å². The third kappa shape index (κ3) is 2.66. The minimum Gasteiger partial charge on any atom is -0.473 e. The Labute approximate surface area is 133 Å². The zero-order valence-corrected chi connectivity index (χ0v) is 12.6. The first-order chi connectivity index (χ1) is 11.2. The van der Waals surface area contributed by atoms with E-state index in [1.165, 1.54) is 12.8 Å². The van der Waals surface area contributed by atoms with E-state index in [4.69, 9.17) is 10.00 Å². The van der Waals surface area contributed by atoms with Crippen molar-refractivity contribution >= 4 is 5.82 Å². The molecule has 1 fully saturated rings. The fourth-order valence-corrected chi connectivity index (χ4v) is 2.96. The predicted molar refractivity (Wildman–Crippen MR) is 84.4 cm³/mol. The van der Waals surface area contributed by atoms with Gasteiger partial charge in [-0.3, -0.25) is 4.57 Å². The second-order valence-electron chi connectivity index (χ2n) is 5.91. The second kappa shape index (κ2) is 5.43. The van der Waals surface area contributed by atoms with Crippen LogP contribution in [0, 0.1) is 11.3 Å². The monoisotopic (exact) mass is 308 g/mol. The van der Waals surface area contributed by atoms with Gasteiger partial charge in [-0.2, -0.15) is 10.2 Å². The quantitative estimate of drug-likeness (QED) is 0.859. The van der Waals surface area contributed by atoms with Gasteiger partial charge in [0.1, 0.15) is 12.4 Å². The zero-order chi connectivity index (χ0) is 15.8. The fraction of sp³-hybridized carbons (Fsp3) is 0.353. The van der Waals surface area contributed by atoms with Gasteiger partial charge in [-0.25, -0.2) is 4.79 Å². The number of hydrogen-bond acceptors (Lipinski definition) is 5. The van der Waals surface area contributed by atoms with Crippen LogP contribution >= 0.6 is 0 Å². The molecule has 23 heavy (non-hydrogen) atoms. The fourth-order valence-electron chi connectivity index (χ4n) is 2.96. The van der Waals surface area contributed by atoms with Gasteiger partial charge in [-0.15, -0.1) is 0 Å². The summed E-state index contributed by atoms with van der Waals surface area (Å²) in [6, 6.07) is 11.7. The number of hydrogen-bond donors (Lipinski definition) is 0. The van der Waals surface area contributed by atoms with Crippen molar-refractivity contribution in [2.24, 2.45) is 0 Å². The van der Waals surface area contributed by atoms with Crippen LogP contribution in [0.15, 0.2) is 35.1 Å². The number of ether oxygens (including phenoxy) is 1. The molecular weight excluding hydrogens is 292 g/mol. The molecule has 2 aromatic rings. The van der Waals surface area contributed by atoms with Crippen LogP contribution in [0.4, 0.5) is 5.82 Å². The lowest BCUT2D eigenvalue weighted by molar-refractivity contribution is 0.291. The molecule has 1 aromatic heterocycles. The van der Waals surface area contributed by atoms with E-state index in [0.29, 0.717) is 24.0 Å². The number of nitrogens with zero attached hydrogens (tertiary/aromatic N) is 4. The molecule has 0 unspecified atom stereocenters. The molecule has 1 aromatic carbocycles. The van der Waals surface area contributed by atoms with E-state index in [1.54, 1.807) is 16.7 Å². The third-order valence-electron chi connectivity index (χ3n) is 4.26. The highest BCUT2D eigenvalue weighted by atomic mass is 16.5. The maximum absolute atomic E-state index is 12.1. The molecule has 6 nitrogen and oxygen atoms in total. The normalized spacial score (nSPS) is 16.0. The summed E-state index contributed by atoms with van der Waals surface area (Å²) in [6.07, 6.45) is 2.38. The summed E-state index contributed by atoms with van der Waals surface area (Å²) < 4.78 is 7.40. The van der Waals surface area contributed by atoms with Gasteiger partial charge in [0.25, 0.3) is 0 Å². The molecule has 0 amide bonds. The van der Waals surface area contributed by atoms with Gasteiger partial charge >= 0.3 is 5.69 Å². The molecule has 0 spiro atoms. The predicted octanol–water partition coefficient (Wildman–Crippen LogP) is 1.68. The summed E-state index contributed by atoms with van der Waals surface area (Å²) in [7, 11) is 0. The topological polar surface area (TPSA) is 71.1 Å². The van der Waals surface area contributed by atoms with Gasteiger partial charge in [-0.05, 0) is 30.5 Å². The Hall–Kier alpha value is -2.81. The molecule has 1 aliphatic heterocycles. The average Bonchev–Trinajstić information content (AvgIpc) is 3.32. The van der Waals surface area contributed by atoms with Crippen LogP contribution in [0.2, 0.25) is 0 Å². The third-order valence-corrected chi connectivity index (χ3v) is 4.26. The molecule has 1 aliphatic carbocycles. The largest absolute Gasteiger partial charge is 0.473 e. The highest BCUT2D eigenvalue weighted by molar-refractivity contribution is 5.47. The zero-order valence-electron chi connectivity index (χ0n) is 12.6. The Balaban J connectivity index is 1.55. The van der Waals surface area contributed by atoms with Crippen molar-refractivity contribution in [1.82, 2.24) is 9.55 Å². The minimum atomic E-state index is -0.258. The molecule has 0 atom stereocenters. The first-order valence-corrected chi connectivity index (χ1v) is 7.75. The molecule has 6 heteroatoms. The van der Waals surface area contributed by atoms with Crippen molar-refractivity contribution < 1.29 is 4.74 Å². The van der Waals surface area contributed by atoms with Crippen molar-refractivity contribution in [3.63, 3.8) is 0 Å². The van der Waals surface area contributed by atoms with Gasteiger partial charge < -0.3 is 9.64 Å². The number of fused-ring (bicyclic) bond motifs is 1. The van der Waals surface area contributed by atoms with E-state index in [9.17, 15) is 4.79 Å². The first-order valence-electron chi connectivity index (χ1n) is 7.75. The van der Waals surface area contributed by atoms with Gasteiger partial charge in [-0.1, -0.05) is 12.1 Å². The lowest BCUT2D eigenvalue weighted by atomic mass is 10.1. The molecule has 0 saturated heterocycles. The van der Waals surface area contributed by atoms with E-state index in [-0.39, 0.29) is 12.3 Å². The minimum absolute atomic E-state index is 0.258. The smallest absolute Gasteiger partial charge is 0.352 e. The van der Waals surface area contributed by atoms with Crippen molar-refractivity contribution in [2.75, 3.05) is 11.4 Å².